The number of nitrogens with two attached hydrogens (primary N) is 1. The molecule has 1 atom stereocenters. The molecule has 5 heteroatoms. The third kappa shape index (κ3) is 6.07. The highest BCUT2D eigenvalue weighted by atomic mass is 79.9. The molecule has 1 unspecified atom stereocenters. The number of nitrogens with one attached hydrogen (secondary N) is 1. The molecule has 0 aliphatic carbocycles. The van der Waals surface area contributed by atoms with E-state index in [2.05, 4.69) is 27.8 Å². The lowest BCUT2D eigenvalue weighted by Gasteiger charge is -2.23. The van der Waals surface area contributed by atoms with Crippen molar-refractivity contribution in [3.63, 3.8) is 0 Å². The van der Waals surface area contributed by atoms with Gasteiger partial charge >= 0.3 is 0 Å². The van der Waals surface area contributed by atoms with E-state index in [4.69, 9.17) is 15.9 Å². The first-order chi connectivity index (χ1) is 9.02. The summed E-state index contributed by atoms with van der Waals surface area (Å²) >= 11 is 3.42. The fraction of sp³-hybridized carbons (Fsp3) is 0.500. The second kappa shape index (κ2) is 8.17. The molecule has 106 valence electrons. The molecule has 4 nitrogen and oxygen atoms in total. The van der Waals surface area contributed by atoms with E-state index in [9.17, 15) is 0 Å². The Hall–Kier alpha value is -1.07. The fourth-order valence-electron chi connectivity index (χ4n) is 1.71. The zero-order chi connectivity index (χ0) is 14.3. The van der Waals surface area contributed by atoms with Gasteiger partial charge in [0.25, 0.3) is 0 Å². The molecule has 0 heterocycles. The summed E-state index contributed by atoms with van der Waals surface area (Å²) in [6.45, 7) is 7.27. The molecular weight excluding hydrogens is 306 g/mol. The van der Waals surface area contributed by atoms with Gasteiger partial charge in [-0.05, 0) is 24.7 Å². The number of hydrogen-bond acceptors (Lipinski definition) is 3. The van der Waals surface area contributed by atoms with Crippen molar-refractivity contribution < 1.29 is 4.74 Å². The number of nitrogens with zero attached hydrogens (tertiary/aromatic N) is 1. The average Bonchev–Trinajstić information content (AvgIpc) is 2.37. The van der Waals surface area contributed by atoms with Crippen molar-refractivity contribution in [3.8, 4) is 5.75 Å². The highest BCUT2D eigenvalue weighted by molar-refractivity contribution is 9.10. The summed E-state index contributed by atoms with van der Waals surface area (Å²) < 4.78 is 6.72. The molecule has 3 N–H and O–H groups in total. The van der Waals surface area contributed by atoms with Gasteiger partial charge in [0.2, 0.25) is 0 Å². The maximum atomic E-state index is 7.42. The molecule has 1 rings (SSSR count). The zero-order valence-corrected chi connectivity index (χ0v) is 13.1. The van der Waals surface area contributed by atoms with Crippen LogP contribution in [0.3, 0.4) is 0 Å². The molecule has 0 saturated carbocycles. The number of hydrogen-bond donors (Lipinski definition) is 2. The smallest absolute Gasteiger partial charge is 0.120 e. The molecule has 19 heavy (non-hydrogen) atoms. The number of benzene rings is 1. The van der Waals surface area contributed by atoms with E-state index >= 15 is 0 Å². The number of amidine groups is 1. The molecule has 0 aromatic heterocycles. The zero-order valence-electron chi connectivity index (χ0n) is 11.5. The summed E-state index contributed by atoms with van der Waals surface area (Å²) in [5.41, 5.74) is 5.50. The van der Waals surface area contributed by atoms with Crippen molar-refractivity contribution >= 4 is 21.8 Å². The van der Waals surface area contributed by atoms with E-state index in [1.807, 2.05) is 31.2 Å². The Morgan fingerprint density at radius 3 is 2.84 bits per heavy atom. The molecular formula is C14H22BrN3O. The van der Waals surface area contributed by atoms with E-state index in [0.29, 0.717) is 6.61 Å². The molecule has 0 amide bonds. The van der Waals surface area contributed by atoms with Gasteiger partial charge in [-0.3, -0.25) is 10.3 Å². The van der Waals surface area contributed by atoms with E-state index in [0.717, 1.165) is 29.9 Å². The van der Waals surface area contributed by atoms with Gasteiger partial charge < -0.3 is 10.5 Å². The summed E-state index contributed by atoms with van der Waals surface area (Å²) in [5.74, 6) is 1.20. The Balaban J connectivity index is 2.35. The Labute approximate surface area is 123 Å². The van der Waals surface area contributed by atoms with Crippen LogP contribution in [0.4, 0.5) is 0 Å². The van der Waals surface area contributed by atoms with Gasteiger partial charge in [-0.2, -0.15) is 0 Å². The Morgan fingerprint density at radius 1 is 1.53 bits per heavy atom. The average molecular weight is 328 g/mol. The van der Waals surface area contributed by atoms with Gasteiger partial charge in [-0.15, -0.1) is 0 Å². The lowest BCUT2D eigenvalue weighted by atomic mass is 10.1. The van der Waals surface area contributed by atoms with Crippen LogP contribution in [0.25, 0.3) is 0 Å². The quantitative estimate of drug-likeness (QED) is 0.570. The van der Waals surface area contributed by atoms with Crippen molar-refractivity contribution in [1.82, 2.24) is 4.90 Å². The molecule has 0 radical (unpaired) electrons. The van der Waals surface area contributed by atoms with Crippen LogP contribution >= 0.6 is 15.9 Å². The van der Waals surface area contributed by atoms with Crippen LogP contribution in [0.1, 0.15) is 13.8 Å². The fourth-order valence-corrected chi connectivity index (χ4v) is 2.09. The van der Waals surface area contributed by atoms with Crippen LogP contribution in [0, 0.1) is 11.3 Å². The van der Waals surface area contributed by atoms with Gasteiger partial charge in [-0.1, -0.05) is 35.8 Å². The first-order valence-electron chi connectivity index (χ1n) is 6.47. The summed E-state index contributed by atoms with van der Waals surface area (Å²) in [5, 5.41) is 7.42. The molecule has 0 aliphatic rings. The predicted molar refractivity (Wildman–Crippen MR) is 82.8 cm³/mol. The van der Waals surface area contributed by atoms with Crippen LogP contribution < -0.4 is 10.5 Å². The van der Waals surface area contributed by atoms with Gasteiger partial charge in [-0.25, -0.2) is 0 Å². The van der Waals surface area contributed by atoms with Crippen LogP contribution in [0.5, 0.6) is 5.75 Å². The summed E-state index contributed by atoms with van der Waals surface area (Å²) in [7, 11) is 0. The van der Waals surface area contributed by atoms with Crippen molar-refractivity contribution in [2.24, 2.45) is 11.7 Å². The number of halogens is 1. The molecule has 0 aliphatic heterocycles. The van der Waals surface area contributed by atoms with Crippen LogP contribution in [-0.2, 0) is 0 Å². The highest BCUT2D eigenvalue weighted by Crippen LogP contribution is 2.17. The molecule has 1 aromatic rings. The third-order valence-electron chi connectivity index (χ3n) is 2.98. The van der Waals surface area contributed by atoms with Crippen molar-refractivity contribution in [2.45, 2.75) is 13.8 Å². The molecule has 0 spiro atoms. The van der Waals surface area contributed by atoms with E-state index in [1.54, 1.807) is 0 Å². The van der Waals surface area contributed by atoms with Crippen molar-refractivity contribution in [3.05, 3.63) is 28.7 Å². The van der Waals surface area contributed by atoms with E-state index in [-0.39, 0.29) is 11.8 Å². The lowest BCUT2D eigenvalue weighted by Crippen LogP contribution is -2.36. The van der Waals surface area contributed by atoms with Crippen LogP contribution in [0.2, 0.25) is 0 Å². The minimum atomic E-state index is 0.0887. The first-order valence-corrected chi connectivity index (χ1v) is 7.26. The number of ether oxygens (including phenoxy) is 1. The SMILES string of the molecule is CCN(CCOc1cccc(Br)c1)CC(C)C(=N)N. The lowest BCUT2D eigenvalue weighted by molar-refractivity contribution is 0.207. The molecule has 0 saturated heterocycles. The van der Waals surface area contributed by atoms with Crippen LogP contribution in [0.15, 0.2) is 28.7 Å². The predicted octanol–water partition coefficient (Wildman–Crippen LogP) is 2.72. The van der Waals surface area contributed by atoms with Gasteiger partial charge in [0, 0.05) is 23.5 Å². The molecule has 0 bridgehead atoms. The van der Waals surface area contributed by atoms with E-state index in [1.165, 1.54) is 0 Å². The normalized spacial score (nSPS) is 12.4. The second-order valence-corrected chi connectivity index (χ2v) is 5.47. The monoisotopic (exact) mass is 327 g/mol. The van der Waals surface area contributed by atoms with E-state index < -0.39 is 0 Å². The Morgan fingerprint density at radius 2 is 2.26 bits per heavy atom. The van der Waals surface area contributed by atoms with Gasteiger partial charge in [0.05, 0.1) is 5.84 Å². The maximum absolute atomic E-state index is 7.42. The second-order valence-electron chi connectivity index (χ2n) is 4.56. The maximum Gasteiger partial charge on any atom is 0.120 e. The standard InChI is InChI=1S/C14H22BrN3O/c1-3-18(10-11(2)14(16)17)7-8-19-13-6-4-5-12(15)9-13/h4-6,9,11H,3,7-8,10H2,1-2H3,(H3,16,17). The number of likely N-dealkylation sites (N-methyl/N-ethyl adjacent to an activating group) is 1. The topological polar surface area (TPSA) is 62.3 Å². The first kappa shape index (κ1) is 16.0. The molecule has 1 aromatic carbocycles. The number of rotatable bonds is 8. The summed E-state index contributed by atoms with van der Waals surface area (Å²) in [6.07, 6.45) is 0. The van der Waals surface area contributed by atoms with Crippen LogP contribution in [-0.4, -0.2) is 37.0 Å². The summed E-state index contributed by atoms with van der Waals surface area (Å²) in [4.78, 5) is 2.24. The minimum Gasteiger partial charge on any atom is -0.492 e. The third-order valence-corrected chi connectivity index (χ3v) is 3.48. The minimum absolute atomic E-state index is 0.0887. The highest BCUT2D eigenvalue weighted by Gasteiger charge is 2.10. The Bertz CT molecular complexity index is 411. The Kier molecular flexibility index (Phi) is 6.87. The van der Waals surface area contributed by atoms with Gasteiger partial charge in [0.1, 0.15) is 12.4 Å². The summed E-state index contributed by atoms with van der Waals surface area (Å²) in [6, 6.07) is 7.82. The van der Waals surface area contributed by atoms with Gasteiger partial charge in [0.15, 0.2) is 0 Å². The van der Waals surface area contributed by atoms with Crippen molar-refractivity contribution in [1.29, 1.82) is 5.41 Å². The largest absolute Gasteiger partial charge is 0.492 e. The van der Waals surface area contributed by atoms with Crippen molar-refractivity contribution in [2.75, 3.05) is 26.2 Å². The molecule has 0 fully saturated rings.